The first kappa shape index (κ1) is 12.6. The third-order valence-corrected chi connectivity index (χ3v) is 3.67. The van der Waals surface area contributed by atoms with Crippen molar-refractivity contribution in [1.29, 1.82) is 0 Å². The Labute approximate surface area is 94.3 Å². The van der Waals surface area contributed by atoms with Crippen molar-refractivity contribution < 1.29 is 12.6 Å². The largest absolute Gasteiger partial charge is 0.333 e. The zero-order valence-corrected chi connectivity index (χ0v) is 10.2. The molecule has 6 heteroatoms. The first-order chi connectivity index (χ1) is 7.01. The summed E-state index contributed by atoms with van der Waals surface area (Å²) in [5, 5.41) is 4.69. The Kier molecular flexibility index (Phi) is 4.72. The van der Waals surface area contributed by atoms with Crippen LogP contribution in [0.1, 0.15) is 23.1 Å². The van der Waals surface area contributed by atoms with E-state index in [1.807, 2.05) is 0 Å². The van der Waals surface area contributed by atoms with Gasteiger partial charge in [0.1, 0.15) is 0 Å². The molecule has 0 radical (unpaired) electrons. The van der Waals surface area contributed by atoms with E-state index in [1.165, 1.54) is 9.75 Å². The standard InChI is InChI=1S/C9H15NO3S2/c1-2-8-5-6-9(14-8)4-3-7-13-15(10,11)12/h5-6H,2-4,7H2,1H3,(H2,10,11,12). The number of thiophene rings is 1. The molecule has 0 unspecified atom stereocenters. The number of hydrogen-bond acceptors (Lipinski definition) is 4. The van der Waals surface area contributed by atoms with Crippen LogP contribution in [0.25, 0.3) is 0 Å². The summed E-state index contributed by atoms with van der Waals surface area (Å²) in [7, 11) is -3.77. The molecule has 2 N–H and O–H groups in total. The van der Waals surface area contributed by atoms with Gasteiger partial charge in [0.2, 0.25) is 0 Å². The van der Waals surface area contributed by atoms with E-state index in [0.717, 1.165) is 12.8 Å². The highest BCUT2D eigenvalue weighted by Crippen LogP contribution is 2.18. The first-order valence-electron chi connectivity index (χ1n) is 4.76. The molecular weight excluding hydrogens is 234 g/mol. The molecule has 0 saturated heterocycles. The van der Waals surface area contributed by atoms with E-state index >= 15 is 0 Å². The lowest BCUT2D eigenvalue weighted by molar-refractivity contribution is 0.313. The Bertz CT molecular complexity index is 397. The van der Waals surface area contributed by atoms with Crippen molar-refractivity contribution in [2.24, 2.45) is 5.14 Å². The van der Waals surface area contributed by atoms with Gasteiger partial charge in [-0.15, -0.1) is 11.3 Å². The maximum Gasteiger partial charge on any atom is 0.333 e. The van der Waals surface area contributed by atoms with Crippen molar-refractivity contribution in [1.82, 2.24) is 0 Å². The summed E-state index contributed by atoms with van der Waals surface area (Å²) >= 11 is 1.75. The van der Waals surface area contributed by atoms with Crippen molar-refractivity contribution in [3.63, 3.8) is 0 Å². The summed E-state index contributed by atoms with van der Waals surface area (Å²) in [4.78, 5) is 2.60. The van der Waals surface area contributed by atoms with Gasteiger partial charge in [-0.25, -0.2) is 5.14 Å². The molecule has 0 aliphatic carbocycles. The third-order valence-electron chi connectivity index (χ3n) is 1.88. The fraction of sp³-hybridized carbons (Fsp3) is 0.556. The minimum atomic E-state index is -3.77. The van der Waals surface area contributed by atoms with Gasteiger partial charge in [-0.2, -0.15) is 8.42 Å². The topological polar surface area (TPSA) is 69.4 Å². The van der Waals surface area contributed by atoms with Gasteiger partial charge in [-0.05, 0) is 31.4 Å². The zero-order chi connectivity index (χ0) is 11.3. The number of rotatable bonds is 6. The lowest BCUT2D eigenvalue weighted by Gasteiger charge is -1.99. The van der Waals surface area contributed by atoms with Crippen molar-refractivity contribution >= 4 is 21.6 Å². The van der Waals surface area contributed by atoms with Gasteiger partial charge < -0.3 is 0 Å². The highest BCUT2D eigenvalue weighted by molar-refractivity contribution is 7.84. The van der Waals surface area contributed by atoms with Crippen molar-refractivity contribution in [3.8, 4) is 0 Å². The molecule has 86 valence electrons. The minimum Gasteiger partial charge on any atom is -0.258 e. The van der Waals surface area contributed by atoms with Crippen LogP contribution in [-0.2, 0) is 27.3 Å². The van der Waals surface area contributed by atoms with Crippen LogP contribution in [0.4, 0.5) is 0 Å². The molecule has 0 aliphatic rings. The average Bonchev–Trinajstić information content (AvgIpc) is 2.59. The summed E-state index contributed by atoms with van der Waals surface area (Å²) in [5.74, 6) is 0. The second-order valence-electron chi connectivity index (χ2n) is 3.14. The molecule has 0 aliphatic heterocycles. The SMILES string of the molecule is CCc1ccc(CCCOS(N)(=O)=O)s1. The van der Waals surface area contributed by atoms with Gasteiger partial charge in [-0.3, -0.25) is 4.18 Å². The molecule has 0 aromatic carbocycles. The van der Waals surface area contributed by atoms with Crippen LogP contribution in [0.3, 0.4) is 0 Å². The normalized spacial score (nSPS) is 11.9. The molecular formula is C9H15NO3S2. The van der Waals surface area contributed by atoms with Gasteiger partial charge >= 0.3 is 10.3 Å². The van der Waals surface area contributed by atoms with Crippen LogP contribution in [0.15, 0.2) is 12.1 Å². The predicted octanol–water partition coefficient (Wildman–Crippen LogP) is 1.46. The number of hydrogen-bond donors (Lipinski definition) is 1. The molecule has 1 heterocycles. The first-order valence-corrected chi connectivity index (χ1v) is 7.05. The van der Waals surface area contributed by atoms with E-state index in [4.69, 9.17) is 5.14 Å². The van der Waals surface area contributed by atoms with Crippen LogP contribution >= 0.6 is 11.3 Å². The van der Waals surface area contributed by atoms with E-state index in [2.05, 4.69) is 23.2 Å². The average molecular weight is 249 g/mol. The lowest BCUT2D eigenvalue weighted by atomic mass is 10.3. The molecule has 1 rings (SSSR count). The number of aryl methyl sites for hydroxylation is 2. The van der Waals surface area contributed by atoms with Crippen LogP contribution < -0.4 is 5.14 Å². The molecule has 1 aromatic rings. The molecule has 0 bridgehead atoms. The van der Waals surface area contributed by atoms with E-state index in [-0.39, 0.29) is 6.61 Å². The lowest BCUT2D eigenvalue weighted by Crippen LogP contribution is -2.16. The van der Waals surface area contributed by atoms with Crippen LogP contribution in [0.2, 0.25) is 0 Å². The Hall–Kier alpha value is -0.430. The quantitative estimate of drug-likeness (QED) is 0.776. The zero-order valence-electron chi connectivity index (χ0n) is 8.60. The van der Waals surface area contributed by atoms with Crippen molar-refractivity contribution in [3.05, 3.63) is 21.9 Å². The molecule has 0 atom stereocenters. The van der Waals surface area contributed by atoms with Gasteiger partial charge in [0.25, 0.3) is 0 Å². The molecule has 1 aromatic heterocycles. The van der Waals surface area contributed by atoms with Crippen molar-refractivity contribution in [2.45, 2.75) is 26.2 Å². The fourth-order valence-electron chi connectivity index (χ4n) is 1.17. The van der Waals surface area contributed by atoms with Crippen molar-refractivity contribution in [2.75, 3.05) is 6.61 Å². The smallest absolute Gasteiger partial charge is 0.258 e. The number of nitrogens with two attached hydrogens (primary N) is 1. The molecule has 4 nitrogen and oxygen atoms in total. The summed E-state index contributed by atoms with van der Waals surface area (Å²) in [6.45, 7) is 2.26. The third kappa shape index (κ3) is 5.27. The van der Waals surface area contributed by atoms with Gasteiger partial charge in [-0.1, -0.05) is 6.92 Å². The summed E-state index contributed by atoms with van der Waals surface area (Å²) in [5.41, 5.74) is 0. The maximum absolute atomic E-state index is 10.5. The molecule has 0 spiro atoms. The Morgan fingerprint density at radius 1 is 1.40 bits per heavy atom. The van der Waals surface area contributed by atoms with E-state index in [1.54, 1.807) is 11.3 Å². The summed E-state index contributed by atoms with van der Waals surface area (Å²) < 4.78 is 25.3. The summed E-state index contributed by atoms with van der Waals surface area (Å²) in [6, 6.07) is 4.17. The van der Waals surface area contributed by atoms with Crippen LogP contribution in [-0.4, -0.2) is 15.0 Å². The fourth-order valence-corrected chi connectivity index (χ4v) is 2.52. The molecule has 0 amide bonds. The second kappa shape index (κ2) is 5.60. The monoisotopic (exact) mass is 249 g/mol. The minimum absolute atomic E-state index is 0.151. The van der Waals surface area contributed by atoms with E-state index in [0.29, 0.717) is 6.42 Å². The maximum atomic E-state index is 10.5. The Morgan fingerprint density at radius 3 is 2.60 bits per heavy atom. The van der Waals surface area contributed by atoms with Gasteiger partial charge in [0, 0.05) is 9.75 Å². The Morgan fingerprint density at radius 2 is 2.07 bits per heavy atom. The molecule has 15 heavy (non-hydrogen) atoms. The van der Waals surface area contributed by atoms with Gasteiger partial charge in [0.05, 0.1) is 6.61 Å². The Balaban J connectivity index is 2.26. The highest BCUT2D eigenvalue weighted by atomic mass is 32.2. The molecule has 0 saturated carbocycles. The highest BCUT2D eigenvalue weighted by Gasteiger charge is 2.02. The van der Waals surface area contributed by atoms with Gasteiger partial charge in [0.15, 0.2) is 0 Å². The summed E-state index contributed by atoms with van der Waals surface area (Å²) in [6.07, 6.45) is 2.54. The van der Waals surface area contributed by atoms with E-state index in [9.17, 15) is 8.42 Å². The van der Waals surface area contributed by atoms with Crippen LogP contribution in [0.5, 0.6) is 0 Å². The second-order valence-corrected chi connectivity index (χ2v) is 5.61. The van der Waals surface area contributed by atoms with E-state index < -0.39 is 10.3 Å². The predicted molar refractivity (Wildman–Crippen MR) is 61.1 cm³/mol. The van der Waals surface area contributed by atoms with Crippen LogP contribution in [0, 0.1) is 0 Å². The molecule has 0 fully saturated rings.